The quantitative estimate of drug-likeness (QED) is 0.495. The smallest absolute Gasteiger partial charge is 0.254 e. The second kappa shape index (κ2) is 10.0. The molecule has 152 valence electrons. The highest BCUT2D eigenvalue weighted by molar-refractivity contribution is 5.95. The molecule has 5 heteroatoms. The Morgan fingerprint density at radius 1 is 1.07 bits per heavy atom. The molecule has 0 aliphatic rings. The Hall–Kier alpha value is -2.92. The maximum absolute atomic E-state index is 13.2. The van der Waals surface area contributed by atoms with E-state index >= 15 is 0 Å². The van der Waals surface area contributed by atoms with Crippen LogP contribution in [-0.4, -0.2) is 35.6 Å². The molecule has 3 rings (SSSR count). The number of ether oxygens (including phenoxy) is 1. The van der Waals surface area contributed by atoms with Gasteiger partial charge in [-0.25, -0.2) is 4.39 Å². The van der Waals surface area contributed by atoms with Crippen molar-refractivity contribution in [3.05, 3.63) is 95.1 Å². The van der Waals surface area contributed by atoms with E-state index in [4.69, 9.17) is 4.74 Å². The fraction of sp³-hybridized carbons (Fsp3) is 0.292. The molecule has 4 nitrogen and oxygen atoms in total. The number of hydrogen-bond donors (Lipinski definition) is 0. The third kappa shape index (κ3) is 5.55. The van der Waals surface area contributed by atoms with Crippen LogP contribution in [0.25, 0.3) is 0 Å². The summed E-state index contributed by atoms with van der Waals surface area (Å²) in [5.41, 5.74) is 3.74. The van der Waals surface area contributed by atoms with Gasteiger partial charge < -0.3 is 14.2 Å². The molecule has 0 unspecified atom stereocenters. The van der Waals surface area contributed by atoms with Gasteiger partial charge in [0.05, 0.1) is 6.54 Å². The van der Waals surface area contributed by atoms with Crippen LogP contribution in [0.1, 0.15) is 33.6 Å². The molecule has 0 atom stereocenters. The molecule has 0 radical (unpaired) electrons. The van der Waals surface area contributed by atoms with E-state index in [9.17, 15) is 9.18 Å². The van der Waals surface area contributed by atoms with Crippen molar-refractivity contribution in [1.82, 2.24) is 9.47 Å². The largest absolute Gasteiger partial charge is 0.385 e. The van der Waals surface area contributed by atoms with Gasteiger partial charge in [0.25, 0.3) is 5.91 Å². The van der Waals surface area contributed by atoms with E-state index in [0.717, 1.165) is 28.8 Å². The summed E-state index contributed by atoms with van der Waals surface area (Å²) in [6.07, 6.45) is 2.76. The van der Waals surface area contributed by atoms with Crippen LogP contribution in [0.2, 0.25) is 0 Å². The Balaban J connectivity index is 1.79. The van der Waals surface area contributed by atoms with Gasteiger partial charge >= 0.3 is 0 Å². The molecule has 29 heavy (non-hydrogen) atoms. The van der Waals surface area contributed by atoms with E-state index in [0.29, 0.717) is 26.2 Å². The van der Waals surface area contributed by atoms with Crippen LogP contribution in [0.5, 0.6) is 0 Å². The number of aromatic nitrogens is 1. The Morgan fingerprint density at radius 2 is 1.83 bits per heavy atom. The number of benzene rings is 2. The van der Waals surface area contributed by atoms with Crippen LogP contribution in [0.15, 0.2) is 66.9 Å². The van der Waals surface area contributed by atoms with Crippen LogP contribution in [0, 0.1) is 12.7 Å². The van der Waals surface area contributed by atoms with Gasteiger partial charge in [-0.15, -0.1) is 0 Å². The fourth-order valence-electron chi connectivity index (χ4n) is 3.36. The normalized spacial score (nSPS) is 10.9. The second-order valence-corrected chi connectivity index (χ2v) is 7.14. The van der Waals surface area contributed by atoms with Crippen molar-refractivity contribution in [2.45, 2.75) is 26.4 Å². The van der Waals surface area contributed by atoms with Crippen molar-refractivity contribution in [3.8, 4) is 0 Å². The number of carbonyl (C=O) groups excluding carboxylic acids is 1. The van der Waals surface area contributed by atoms with Gasteiger partial charge in [-0.1, -0.05) is 30.3 Å². The summed E-state index contributed by atoms with van der Waals surface area (Å²) in [5, 5.41) is 0. The average molecular weight is 394 g/mol. The van der Waals surface area contributed by atoms with Crippen LogP contribution in [0.4, 0.5) is 4.39 Å². The Labute approximate surface area is 171 Å². The van der Waals surface area contributed by atoms with Gasteiger partial charge in [-0.2, -0.15) is 0 Å². The molecule has 0 fully saturated rings. The third-order valence-electron chi connectivity index (χ3n) is 4.98. The number of nitrogens with zero attached hydrogens (tertiary/aromatic N) is 2. The van der Waals surface area contributed by atoms with E-state index in [1.807, 2.05) is 54.4 Å². The number of halogens is 1. The highest BCUT2D eigenvalue weighted by atomic mass is 19.1. The number of amides is 1. The maximum atomic E-state index is 13.2. The molecule has 0 aliphatic heterocycles. The zero-order valence-corrected chi connectivity index (χ0v) is 17.0. The molecule has 0 saturated carbocycles. The lowest BCUT2D eigenvalue weighted by atomic mass is 10.1. The van der Waals surface area contributed by atoms with Crippen LogP contribution >= 0.6 is 0 Å². The number of hydrogen-bond acceptors (Lipinski definition) is 2. The summed E-state index contributed by atoms with van der Waals surface area (Å²) in [4.78, 5) is 15.1. The lowest BCUT2D eigenvalue weighted by Crippen LogP contribution is -2.33. The molecule has 0 bridgehead atoms. The molecule has 0 aliphatic carbocycles. The van der Waals surface area contributed by atoms with Crippen LogP contribution in [0.3, 0.4) is 0 Å². The first kappa shape index (κ1) is 20.8. The fourth-order valence-corrected chi connectivity index (χ4v) is 3.36. The van der Waals surface area contributed by atoms with E-state index < -0.39 is 0 Å². The van der Waals surface area contributed by atoms with Crippen molar-refractivity contribution in [2.75, 3.05) is 20.3 Å². The predicted molar refractivity (Wildman–Crippen MR) is 112 cm³/mol. The molecule has 0 spiro atoms. The minimum atomic E-state index is -0.241. The molecule has 0 N–H and O–H groups in total. The third-order valence-corrected chi connectivity index (χ3v) is 4.98. The van der Waals surface area contributed by atoms with E-state index in [1.54, 1.807) is 19.2 Å². The average Bonchev–Trinajstić information content (AvgIpc) is 3.15. The molecule has 0 saturated heterocycles. The van der Waals surface area contributed by atoms with Gasteiger partial charge in [0, 0.05) is 44.3 Å². The van der Waals surface area contributed by atoms with Crippen molar-refractivity contribution >= 4 is 5.91 Å². The minimum absolute atomic E-state index is 0.0220. The summed E-state index contributed by atoms with van der Waals surface area (Å²) in [6, 6.07) is 18.2. The molecule has 1 amide bonds. The standard InChI is InChI=1S/C24H27FN2O2/c1-19-7-3-4-9-23(19)24(28)27(15-6-16-29-2)18-22-8-5-14-26(22)17-20-10-12-21(25)13-11-20/h3-5,7-14H,6,15-18H2,1-2H3. The Bertz CT molecular complexity index is 934. The first-order valence-corrected chi connectivity index (χ1v) is 9.81. The van der Waals surface area contributed by atoms with E-state index in [1.165, 1.54) is 12.1 Å². The molecular formula is C24H27FN2O2. The lowest BCUT2D eigenvalue weighted by molar-refractivity contribution is 0.0719. The SMILES string of the molecule is COCCCN(Cc1cccn1Cc1ccc(F)cc1)C(=O)c1ccccc1C. The van der Waals surface area contributed by atoms with Crippen LogP contribution in [-0.2, 0) is 17.8 Å². The summed E-state index contributed by atoms with van der Waals surface area (Å²) in [7, 11) is 1.67. The summed E-state index contributed by atoms with van der Waals surface area (Å²) in [6.45, 7) is 4.31. The Kier molecular flexibility index (Phi) is 7.19. The summed E-state index contributed by atoms with van der Waals surface area (Å²) < 4.78 is 20.5. The van der Waals surface area contributed by atoms with Crippen LogP contribution < -0.4 is 0 Å². The molecular weight excluding hydrogens is 367 g/mol. The van der Waals surface area contributed by atoms with Gasteiger partial charge in [0.1, 0.15) is 5.82 Å². The molecule has 1 heterocycles. The highest BCUT2D eigenvalue weighted by Gasteiger charge is 2.19. The number of rotatable bonds is 9. The van der Waals surface area contributed by atoms with E-state index in [-0.39, 0.29) is 11.7 Å². The van der Waals surface area contributed by atoms with Crippen molar-refractivity contribution < 1.29 is 13.9 Å². The number of methoxy groups -OCH3 is 1. The maximum Gasteiger partial charge on any atom is 0.254 e. The topological polar surface area (TPSA) is 34.5 Å². The Morgan fingerprint density at radius 3 is 2.55 bits per heavy atom. The molecule has 3 aromatic rings. The minimum Gasteiger partial charge on any atom is -0.385 e. The number of carbonyl (C=O) groups is 1. The summed E-state index contributed by atoms with van der Waals surface area (Å²) >= 11 is 0. The van der Waals surface area contributed by atoms with Crippen molar-refractivity contribution in [1.29, 1.82) is 0 Å². The van der Waals surface area contributed by atoms with E-state index in [2.05, 4.69) is 4.57 Å². The van der Waals surface area contributed by atoms with Gasteiger partial charge in [-0.3, -0.25) is 4.79 Å². The highest BCUT2D eigenvalue weighted by Crippen LogP contribution is 2.16. The van der Waals surface area contributed by atoms with Gasteiger partial charge in [-0.05, 0) is 54.8 Å². The molecule has 2 aromatic carbocycles. The molecule has 1 aromatic heterocycles. The zero-order valence-electron chi connectivity index (χ0n) is 17.0. The van der Waals surface area contributed by atoms with Gasteiger partial charge in [0.15, 0.2) is 0 Å². The predicted octanol–water partition coefficient (Wildman–Crippen LogP) is 4.66. The van der Waals surface area contributed by atoms with Gasteiger partial charge in [0.2, 0.25) is 0 Å². The monoisotopic (exact) mass is 394 g/mol. The van der Waals surface area contributed by atoms with Crippen molar-refractivity contribution in [3.63, 3.8) is 0 Å². The number of aryl methyl sites for hydroxylation is 1. The van der Waals surface area contributed by atoms with Crippen molar-refractivity contribution in [2.24, 2.45) is 0 Å². The lowest BCUT2D eigenvalue weighted by Gasteiger charge is -2.24. The second-order valence-electron chi connectivity index (χ2n) is 7.14. The zero-order chi connectivity index (χ0) is 20.6. The summed E-state index contributed by atoms with van der Waals surface area (Å²) in [5.74, 6) is -0.219. The first-order chi connectivity index (χ1) is 14.1. The first-order valence-electron chi connectivity index (χ1n) is 9.81.